The van der Waals surface area contributed by atoms with Gasteiger partial charge in [0, 0.05) is 17.4 Å². The Hall–Kier alpha value is -1.38. The first-order chi connectivity index (χ1) is 15.3. The number of carboxylic acid groups (broad SMARTS) is 1. The van der Waals surface area contributed by atoms with Gasteiger partial charge in [-0.3, -0.25) is 4.79 Å². The summed E-state index contributed by atoms with van der Waals surface area (Å²) in [6.07, 6.45) is 14.4. The van der Waals surface area contributed by atoms with Crippen LogP contribution in [0.3, 0.4) is 0 Å². The third-order valence-corrected chi connectivity index (χ3v) is 11.7. The molecule has 0 aromatic rings. The second-order valence-corrected chi connectivity index (χ2v) is 13.3. The summed E-state index contributed by atoms with van der Waals surface area (Å²) in [5.41, 5.74) is 2.80. The fraction of sp³-hybridized carbons (Fsp3) is 0.800. The van der Waals surface area contributed by atoms with Gasteiger partial charge >= 0.3 is 5.97 Å². The normalized spacial score (nSPS) is 43.2. The van der Waals surface area contributed by atoms with E-state index in [1.807, 2.05) is 6.08 Å². The molecule has 0 heterocycles. The lowest BCUT2D eigenvalue weighted by molar-refractivity contribution is -0.146. The zero-order chi connectivity index (χ0) is 24.4. The van der Waals surface area contributed by atoms with Crippen molar-refractivity contribution in [3.05, 3.63) is 23.3 Å². The van der Waals surface area contributed by atoms with Gasteiger partial charge in [-0.05, 0) is 98.2 Å². The molecule has 3 fully saturated rings. The van der Waals surface area contributed by atoms with Crippen molar-refractivity contribution in [3.63, 3.8) is 0 Å². The fourth-order valence-corrected chi connectivity index (χ4v) is 9.32. The third kappa shape index (κ3) is 3.50. The van der Waals surface area contributed by atoms with E-state index in [9.17, 15) is 9.59 Å². The summed E-state index contributed by atoms with van der Waals surface area (Å²) in [5.74, 6) is 2.05. The van der Waals surface area contributed by atoms with Crippen LogP contribution >= 0.6 is 0 Å². The second-order valence-electron chi connectivity index (χ2n) is 13.3. The van der Waals surface area contributed by atoms with Crippen molar-refractivity contribution in [2.75, 3.05) is 0 Å². The Morgan fingerprint density at radius 2 is 1.85 bits per heavy atom. The van der Waals surface area contributed by atoms with Crippen molar-refractivity contribution in [2.24, 2.45) is 45.3 Å². The maximum Gasteiger partial charge on any atom is 0.330 e. The summed E-state index contributed by atoms with van der Waals surface area (Å²) in [7, 11) is 0. The molecule has 3 saturated carbocycles. The van der Waals surface area contributed by atoms with Crippen LogP contribution in [0, 0.1) is 45.3 Å². The average Bonchev–Trinajstić information content (AvgIpc) is 3.02. The van der Waals surface area contributed by atoms with Crippen molar-refractivity contribution in [1.82, 2.24) is 0 Å². The Labute approximate surface area is 201 Å². The molecule has 0 aromatic heterocycles. The molecule has 3 unspecified atom stereocenters. The second kappa shape index (κ2) is 8.09. The van der Waals surface area contributed by atoms with Crippen molar-refractivity contribution in [1.29, 1.82) is 0 Å². The molecule has 4 aliphatic carbocycles. The van der Waals surface area contributed by atoms with Crippen LogP contribution in [0.15, 0.2) is 23.3 Å². The van der Waals surface area contributed by atoms with Gasteiger partial charge in [-0.1, -0.05) is 59.3 Å². The summed E-state index contributed by atoms with van der Waals surface area (Å²) in [5, 5.41) is 9.16. The minimum Gasteiger partial charge on any atom is -0.478 e. The maximum absolute atomic E-state index is 12.8. The number of ketones is 1. The Kier molecular flexibility index (Phi) is 6.07. The minimum atomic E-state index is -0.801. The van der Waals surface area contributed by atoms with Gasteiger partial charge in [0.05, 0.1) is 0 Å². The van der Waals surface area contributed by atoms with Crippen LogP contribution in [0.1, 0.15) is 106 Å². The zero-order valence-corrected chi connectivity index (χ0v) is 22.1. The van der Waals surface area contributed by atoms with Gasteiger partial charge in [-0.2, -0.15) is 0 Å². The third-order valence-electron chi connectivity index (χ3n) is 11.7. The first-order valence-corrected chi connectivity index (χ1v) is 13.4. The van der Waals surface area contributed by atoms with E-state index < -0.39 is 5.97 Å². The molecule has 0 bridgehead atoms. The van der Waals surface area contributed by atoms with Gasteiger partial charge in [0.1, 0.15) is 5.78 Å². The van der Waals surface area contributed by atoms with Gasteiger partial charge < -0.3 is 5.11 Å². The van der Waals surface area contributed by atoms with E-state index in [0.29, 0.717) is 40.4 Å². The quantitative estimate of drug-likeness (QED) is 0.343. The highest BCUT2D eigenvalue weighted by Crippen LogP contribution is 2.73. The predicted molar refractivity (Wildman–Crippen MR) is 134 cm³/mol. The number of carbonyl (C=O) groups is 2. The largest absolute Gasteiger partial charge is 0.478 e. The Bertz CT molecular complexity index is 894. The van der Waals surface area contributed by atoms with Crippen molar-refractivity contribution < 1.29 is 14.7 Å². The molecule has 0 saturated heterocycles. The van der Waals surface area contributed by atoms with Gasteiger partial charge in [-0.15, -0.1) is 0 Å². The maximum atomic E-state index is 12.8. The number of rotatable bonds is 5. The van der Waals surface area contributed by atoms with Crippen molar-refractivity contribution >= 4 is 11.8 Å². The first-order valence-electron chi connectivity index (χ1n) is 13.4. The van der Waals surface area contributed by atoms with Crippen LogP contribution in [0.5, 0.6) is 0 Å². The number of aliphatic carboxylic acids is 1. The topological polar surface area (TPSA) is 54.4 Å². The van der Waals surface area contributed by atoms with Crippen LogP contribution in [-0.2, 0) is 9.59 Å². The molecule has 3 nitrogen and oxygen atoms in total. The summed E-state index contributed by atoms with van der Waals surface area (Å²) < 4.78 is 0. The molecule has 4 aliphatic rings. The van der Waals surface area contributed by atoms with Gasteiger partial charge in [0.25, 0.3) is 0 Å². The van der Waals surface area contributed by atoms with E-state index in [-0.39, 0.29) is 16.2 Å². The average molecular weight is 455 g/mol. The standard InChI is InChI=1S/C30H46O3/c1-19(9-8-10-20(2)26(32)33)21-13-17-30(7)23-11-12-24-27(3,4)25(31)15-16-28(24,5)22(23)14-18-29(21,30)6/h10-11,19,21-22,24H,8-9,12-18H2,1-7H3,(H,32,33)/b20-10-/t19?,21-,22?,24?,28+,29-,30+/m0/s1. The molecule has 4 rings (SSSR count). The summed E-state index contributed by atoms with van der Waals surface area (Å²) in [4.78, 5) is 23.9. The van der Waals surface area contributed by atoms with Gasteiger partial charge in [0.15, 0.2) is 0 Å². The highest BCUT2D eigenvalue weighted by atomic mass is 16.4. The zero-order valence-electron chi connectivity index (χ0n) is 22.1. The first kappa shape index (κ1) is 24.7. The molecule has 0 aromatic carbocycles. The lowest BCUT2D eigenvalue weighted by Crippen LogP contribution is -2.57. The van der Waals surface area contributed by atoms with Crippen LogP contribution in [0.4, 0.5) is 0 Å². The lowest BCUT2D eigenvalue weighted by Gasteiger charge is -2.63. The molecule has 3 heteroatoms. The summed E-state index contributed by atoms with van der Waals surface area (Å²) in [6, 6.07) is 0. The number of hydrogen-bond donors (Lipinski definition) is 1. The predicted octanol–water partition coefficient (Wildman–Crippen LogP) is 7.61. The van der Waals surface area contributed by atoms with Gasteiger partial charge in [0.2, 0.25) is 0 Å². The Balaban J connectivity index is 1.59. The molecule has 33 heavy (non-hydrogen) atoms. The molecule has 1 N–H and O–H groups in total. The summed E-state index contributed by atoms with van der Waals surface area (Å²) >= 11 is 0. The lowest BCUT2D eigenvalue weighted by atomic mass is 9.41. The number of carboxylic acids is 1. The number of Topliss-reactive ketones (excluding diaryl/α,β-unsaturated/α-hetero) is 1. The molecule has 0 aliphatic heterocycles. The van der Waals surface area contributed by atoms with Crippen molar-refractivity contribution in [2.45, 2.75) is 106 Å². The summed E-state index contributed by atoms with van der Waals surface area (Å²) in [6.45, 7) is 16.2. The number of carbonyl (C=O) groups excluding carboxylic acids is 1. The molecular formula is C30H46O3. The van der Waals surface area contributed by atoms with E-state index in [1.54, 1.807) is 12.5 Å². The highest BCUT2D eigenvalue weighted by Gasteiger charge is 2.65. The van der Waals surface area contributed by atoms with Gasteiger partial charge in [-0.25, -0.2) is 4.79 Å². The number of hydrogen-bond acceptors (Lipinski definition) is 2. The van der Waals surface area contributed by atoms with Crippen LogP contribution in [0.25, 0.3) is 0 Å². The molecule has 0 radical (unpaired) electrons. The van der Waals surface area contributed by atoms with E-state index >= 15 is 0 Å². The van der Waals surface area contributed by atoms with E-state index in [2.05, 4.69) is 47.6 Å². The van der Waals surface area contributed by atoms with E-state index in [4.69, 9.17) is 5.11 Å². The van der Waals surface area contributed by atoms with Crippen LogP contribution < -0.4 is 0 Å². The SMILES string of the molecule is C/C(=C/CCC(C)[C@@H]1CC[C@]2(C)C3=CCC4C(C)(C)C(=O)CC[C@]4(C)C3CC[C@@]12C)C(=O)O. The molecule has 184 valence electrons. The smallest absolute Gasteiger partial charge is 0.330 e. The monoisotopic (exact) mass is 454 g/mol. The molecule has 7 atom stereocenters. The van der Waals surface area contributed by atoms with Crippen molar-refractivity contribution in [3.8, 4) is 0 Å². The Morgan fingerprint density at radius 1 is 1.15 bits per heavy atom. The minimum absolute atomic E-state index is 0.203. The fourth-order valence-electron chi connectivity index (χ4n) is 9.32. The van der Waals surface area contributed by atoms with Crippen LogP contribution in [0.2, 0.25) is 0 Å². The molecular weight excluding hydrogens is 408 g/mol. The van der Waals surface area contributed by atoms with E-state index in [0.717, 1.165) is 32.1 Å². The molecule has 0 amide bonds. The highest BCUT2D eigenvalue weighted by molar-refractivity contribution is 5.86. The van der Waals surface area contributed by atoms with E-state index in [1.165, 1.54) is 25.7 Å². The Morgan fingerprint density at radius 3 is 2.52 bits per heavy atom. The number of fused-ring (bicyclic) bond motifs is 5. The molecule has 0 spiro atoms. The number of allylic oxidation sites excluding steroid dienone is 3. The van der Waals surface area contributed by atoms with Crippen LogP contribution in [-0.4, -0.2) is 16.9 Å².